The van der Waals surface area contributed by atoms with E-state index in [0.717, 1.165) is 0 Å². The summed E-state index contributed by atoms with van der Waals surface area (Å²) < 4.78 is 44.5. The number of hydrogen-bond donors (Lipinski definition) is 1. The zero-order valence-electron chi connectivity index (χ0n) is 19.8. The molecule has 0 unspecified atom stereocenters. The molecule has 10 heteroatoms. The van der Waals surface area contributed by atoms with Crippen LogP contribution in [0.1, 0.15) is 35.6 Å². The number of aliphatic carboxylic acids is 1. The van der Waals surface area contributed by atoms with Gasteiger partial charge in [-0.1, -0.05) is 37.8 Å². The van der Waals surface area contributed by atoms with Crippen LogP contribution in [0.25, 0.3) is 0 Å². The fourth-order valence-corrected chi connectivity index (χ4v) is 5.70. The lowest BCUT2D eigenvalue weighted by Gasteiger charge is -2.37. The maximum absolute atomic E-state index is 14.7. The zero-order chi connectivity index (χ0) is 25.9. The number of carboxylic acids is 1. The smallest absolute Gasteiger partial charge is 0.387 e. The van der Waals surface area contributed by atoms with Crippen LogP contribution in [0.4, 0.5) is 13.2 Å². The minimum absolute atomic E-state index is 0.0559. The predicted octanol–water partition coefficient (Wildman–Crippen LogP) is 4.07. The van der Waals surface area contributed by atoms with Gasteiger partial charge in [-0.25, -0.2) is 4.39 Å². The Labute approximate surface area is 202 Å². The molecule has 2 aromatic rings. The molecule has 0 aliphatic carbocycles. The van der Waals surface area contributed by atoms with Crippen LogP contribution in [0.15, 0.2) is 36.4 Å². The normalized spacial score (nSPS) is 15.6. The summed E-state index contributed by atoms with van der Waals surface area (Å²) in [5.74, 6) is -2.44. The molecule has 1 amide bonds. The molecule has 3 rings (SSSR count). The summed E-state index contributed by atoms with van der Waals surface area (Å²) in [7, 11) is -1.91. The SMILES string of the molecule is C[Si](C)(C)c1ccc(CC(=O)[C@H]2c3ccc(OC(F)F)cc3CCN2C(=O)CCC(=O)O)cc1F. The first kappa shape index (κ1) is 26.5. The second-order valence-electron chi connectivity index (χ2n) is 9.58. The second-order valence-corrected chi connectivity index (χ2v) is 14.6. The summed E-state index contributed by atoms with van der Waals surface area (Å²) in [5, 5.41) is 9.60. The Morgan fingerprint density at radius 1 is 1.11 bits per heavy atom. The van der Waals surface area contributed by atoms with E-state index in [1.165, 1.54) is 29.2 Å². The van der Waals surface area contributed by atoms with Gasteiger partial charge in [0.2, 0.25) is 5.91 Å². The summed E-state index contributed by atoms with van der Waals surface area (Å²) in [6, 6.07) is 7.90. The van der Waals surface area contributed by atoms with Crippen LogP contribution in [0, 0.1) is 5.82 Å². The third-order valence-corrected chi connectivity index (χ3v) is 7.99. The van der Waals surface area contributed by atoms with E-state index in [9.17, 15) is 27.6 Å². The van der Waals surface area contributed by atoms with Gasteiger partial charge in [0, 0.05) is 19.4 Å². The first-order chi connectivity index (χ1) is 16.4. The maximum Gasteiger partial charge on any atom is 0.387 e. The van der Waals surface area contributed by atoms with Crippen molar-refractivity contribution in [1.82, 2.24) is 4.90 Å². The number of carboxylic acid groups (broad SMARTS) is 1. The molecule has 35 heavy (non-hydrogen) atoms. The number of alkyl halides is 2. The summed E-state index contributed by atoms with van der Waals surface area (Å²) in [6.45, 7) is 3.16. The van der Waals surface area contributed by atoms with Crippen molar-refractivity contribution in [2.75, 3.05) is 6.54 Å². The molecule has 0 bridgehead atoms. The highest BCUT2D eigenvalue weighted by molar-refractivity contribution is 6.88. The molecule has 0 saturated heterocycles. The third-order valence-electron chi connectivity index (χ3n) is 5.97. The Bertz CT molecular complexity index is 1130. The number of carbonyl (C=O) groups excluding carboxylic acids is 2. The Morgan fingerprint density at radius 3 is 2.43 bits per heavy atom. The van der Waals surface area contributed by atoms with Crippen molar-refractivity contribution in [1.29, 1.82) is 0 Å². The molecule has 1 aliphatic rings. The summed E-state index contributed by atoms with van der Waals surface area (Å²) >= 11 is 0. The predicted molar refractivity (Wildman–Crippen MR) is 126 cm³/mol. The topological polar surface area (TPSA) is 83.9 Å². The summed E-state index contributed by atoms with van der Waals surface area (Å²) in [6.07, 6.45) is -0.517. The standard InChI is InChI=1S/C25H28F3NO5Si/c1-35(2,3)21-7-4-15(12-19(21)26)13-20(30)24-18-6-5-17(34-25(27)28)14-16(18)10-11-29(24)22(31)8-9-23(32)33/h4-7,12,14,24-25H,8-11,13H2,1-3H3,(H,32,33)/t24-/m1/s1. The molecule has 0 aromatic heterocycles. The molecule has 0 spiro atoms. The molecule has 1 N–H and O–H groups in total. The van der Waals surface area contributed by atoms with Crippen LogP contribution >= 0.6 is 0 Å². The van der Waals surface area contributed by atoms with Crippen molar-refractivity contribution >= 4 is 30.9 Å². The van der Waals surface area contributed by atoms with Crippen LogP contribution < -0.4 is 9.92 Å². The number of Topliss-reactive ketones (excluding diaryl/α,β-unsaturated/α-hetero) is 1. The van der Waals surface area contributed by atoms with Crippen LogP contribution in [0.5, 0.6) is 5.75 Å². The van der Waals surface area contributed by atoms with Gasteiger partial charge < -0.3 is 14.7 Å². The summed E-state index contributed by atoms with van der Waals surface area (Å²) in [5.41, 5.74) is 1.51. The fraction of sp³-hybridized carbons (Fsp3) is 0.400. The van der Waals surface area contributed by atoms with Gasteiger partial charge in [-0.2, -0.15) is 8.78 Å². The number of fused-ring (bicyclic) bond motifs is 1. The average Bonchev–Trinajstić information content (AvgIpc) is 2.75. The Morgan fingerprint density at radius 2 is 1.83 bits per heavy atom. The molecular formula is C25H28F3NO5Si. The van der Waals surface area contributed by atoms with Crippen molar-refractivity contribution in [3.8, 4) is 5.75 Å². The van der Waals surface area contributed by atoms with Gasteiger partial charge in [-0.15, -0.1) is 0 Å². The van der Waals surface area contributed by atoms with Crippen LogP contribution in [-0.2, 0) is 27.2 Å². The van der Waals surface area contributed by atoms with Gasteiger partial charge in [-0.3, -0.25) is 14.4 Å². The Hall–Kier alpha value is -3.14. The van der Waals surface area contributed by atoms with E-state index in [4.69, 9.17) is 5.11 Å². The zero-order valence-corrected chi connectivity index (χ0v) is 20.8. The van der Waals surface area contributed by atoms with Crippen molar-refractivity contribution < 1.29 is 37.4 Å². The van der Waals surface area contributed by atoms with Gasteiger partial charge >= 0.3 is 12.6 Å². The number of nitrogens with zero attached hydrogens (tertiary/aromatic N) is 1. The minimum Gasteiger partial charge on any atom is -0.481 e. The first-order valence-electron chi connectivity index (χ1n) is 11.3. The van der Waals surface area contributed by atoms with Gasteiger partial charge in [0.15, 0.2) is 5.78 Å². The molecule has 2 aromatic carbocycles. The lowest BCUT2D eigenvalue weighted by molar-refractivity contribution is -0.144. The minimum atomic E-state index is -3.00. The Balaban J connectivity index is 1.93. The number of hydrogen-bond acceptors (Lipinski definition) is 4. The number of rotatable bonds is 9. The summed E-state index contributed by atoms with van der Waals surface area (Å²) in [4.78, 5) is 38.6. The molecule has 1 aliphatic heterocycles. The third kappa shape index (κ3) is 6.50. The number of halogens is 3. The van der Waals surface area contributed by atoms with E-state index in [0.29, 0.717) is 21.9 Å². The number of carbonyl (C=O) groups is 3. The number of ketones is 1. The molecule has 0 saturated carbocycles. The van der Waals surface area contributed by atoms with E-state index >= 15 is 0 Å². The van der Waals surface area contributed by atoms with Crippen molar-refractivity contribution in [2.45, 2.75) is 58.0 Å². The molecule has 0 radical (unpaired) electrons. The van der Waals surface area contributed by atoms with Crippen LogP contribution in [-0.4, -0.2) is 48.9 Å². The number of ether oxygens (including phenoxy) is 1. The number of amides is 1. The highest BCUT2D eigenvalue weighted by atomic mass is 28.3. The average molecular weight is 508 g/mol. The lowest BCUT2D eigenvalue weighted by atomic mass is 9.87. The van der Waals surface area contributed by atoms with E-state index < -0.39 is 32.6 Å². The maximum atomic E-state index is 14.7. The quantitative estimate of drug-likeness (QED) is 0.518. The van der Waals surface area contributed by atoms with E-state index in [1.807, 2.05) is 19.6 Å². The van der Waals surface area contributed by atoms with E-state index in [1.54, 1.807) is 12.1 Å². The van der Waals surface area contributed by atoms with Crippen molar-refractivity contribution in [2.24, 2.45) is 0 Å². The molecule has 188 valence electrons. The van der Waals surface area contributed by atoms with Crippen LogP contribution in [0.3, 0.4) is 0 Å². The molecule has 1 heterocycles. The monoisotopic (exact) mass is 507 g/mol. The van der Waals surface area contributed by atoms with Gasteiger partial charge in [0.1, 0.15) is 17.6 Å². The van der Waals surface area contributed by atoms with Gasteiger partial charge in [0.05, 0.1) is 14.5 Å². The number of benzene rings is 2. The van der Waals surface area contributed by atoms with Crippen molar-refractivity contribution in [3.63, 3.8) is 0 Å². The van der Waals surface area contributed by atoms with Gasteiger partial charge in [-0.05, 0) is 46.5 Å². The van der Waals surface area contributed by atoms with E-state index in [2.05, 4.69) is 4.74 Å². The lowest BCUT2D eigenvalue weighted by Crippen LogP contribution is -2.44. The highest BCUT2D eigenvalue weighted by Gasteiger charge is 2.36. The van der Waals surface area contributed by atoms with Crippen LogP contribution in [0.2, 0.25) is 19.6 Å². The Kier molecular flexibility index (Phi) is 8.04. The fourth-order valence-electron chi connectivity index (χ4n) is 4.33. The van der Waals surface area contributed by atoms with Crippen molar-refractivity contribution in [3.05, 3.63) is 58.9 Å². The van der Waals surface area contributed by atoms with Gasteiger partial charge in [0.25, 0.3) is 0 Å². The molecule has 0 fully saturated rings. The molecule has 1 atom stereocenters. The highest BCUT2D eigenvalue weighted by Crippen LogP contribution is 2.34. The van der Waals surface area contributed by atoms with E-state index in [-0.39, 0.29) is 49.6 Å². The molecule has 6 nitrogen and oxygen atoms in total. The second kappa shape index (κ2) is 10.6. The molecular weight excluding hydrogens is 479 g/mol. The largest absolute Gasteiger partial charge is 0.481 e. The first-order valence-corrected chi connectivity index (χ1v) is 14.8.